The Morgan fingerprint density at radius 1 is 1.25 bits per heavy atom. The Bertz CT molecular complexity index is 703. The van der Waals surface area contributed by atoms with Crippen LogP contribution in [0, 0.1) is 5.92 Å². The number of hydrogen-bond acceptors (Lipinski definition) is 3. The first-order valence-corrected chi connectivity index (χ1v) is 8.22. The summed E-state index contributed by atoms with van der Waals surface area (Å²) in [5.41, 5.74) is 1.85. The molecular weight excluding hydrogens is 302 g/mol. The Morgan fingerprint density at radius 2 is 2.04 bits per heavy atom. The van der Waals surface area contributed by atoms with Gasteiger partial charge in [0.2, 0.25) is 11.8 Å². The van der Waals surface area contributed by atoms with E-state index in [0.717, 1.165) is 11.3 Å². The number of rotatable bonds is 5. The summed E-state index contributed by atoms with van der Waals surface area (Å²) in [5.74, 6) is -0.264. The van der Waals surface area contributed by atoms with Gasteiger partial charge in [-0.3, -0.25) is 14.6 Å². The zero-order valence-electron chi connectivity index (χ0n) is 13.8. The molecule has 0 bridgehead atoms. The number of pyridine rings is 1. The van der Waals surface area contributed by atoms with Crippen molar-refractivity contribution in [2.75, 3.05) is 18.0 Å². The largest absolute Gasteiger partial charge is 0.338 e. The fourth-order valence-corrected chi connectivity index (χ4v) is 3.04. The average molecular weight is 323 g/mol. The van der Waals surface area contributed by atoms with E-state index >= 15 is 0 Å². The highest BCUT2D eigenvalue weighted by molar-refractivity contribution is 6.00. The van der Waals surface area contributed by atoms with Crippen LogP contribution < -0.4 is 4.90 Å². The first-order chi connectivity index (χ1) is 11.7. The smallest absolute Gasteiger partial charge is 0.228 e. The first kappa shape index (κ1) is 16.2. The van der Waals surface area contributed by atoms with Gasteiger partial charge in [-0.2, -0.15) is 0 Å². The van der Waals surface area contributed by atoms with Crippen LogP contribution in [0.3, 0.4) is 0 Å². The van der Waals surface area contributed by atoms with Gasteiger partial charge in [-0.15, -0.1) is 0 Å². The SMILES string of the molecule is CCN(Cc1ccccc1)C(=O)C1CC(=O)N(c2cccnc2)C1. The number of carbonyl (C=O) groups is 2. The third-order valence-corrected chi connectivity index (χ3v) is 4.34. The van der Waals surface area contributed by atoms with Crippen molar-refractivity contribution in [3.63, 3.8) is 0 Å². The summed E-state index contributed by atoms with van der Waals surface area (Å²) in [7, 11) is 0. The van der Waals surface area contributed by atoms with E-state index in [1.165, 1.54) is 0 Å². The quantitative estimate of drug-likeness (QED) is 0.849. The fraction of sp³-hybridized carbons (Fsp3) is 0.316. The molecule has 1 atom stereocenters. The Hall–Kier alpha value is -2.69. The minimum atomic E-state index is -0.290. The molecule has 0 saturated carbocycles. The van der Waals surface area contributed by atoms with Crippen molar-refractivity contribution in [1.29, 1.82) is 0 Å². The molecule has 3 rings (SSSR count). The van der Waals surface area contributed by atoms with Crippen molar-refractivity contribution in [3.05, 3.63) is 60.4 Å². The van der Waals surface area contributed by atoms with E-state index in [0.29, 0.717) is 19.6 Å². The lowest BCUT2D eigenvalue weighted by Gasteiger charge is -2.24. The van der Waals surface area contributed by atoms with Gasteiger partial charge in [0.05, 0.1) is 17.8 Å². The molecule has 0 N–H and O–H groups in total. The average Bonchev–Trinajstić information content (AvgIpc) is 3.02. The molecule has 1 unspecified atom stereocenters. The number of aromatic nitrogens is 1. The van der Waals surface area contributed by atoms with Gasteiger partial charge in [0, 0.05) is 32.3 Å². The lowest BCUT2D eigenvalue weighted by Crippen LogP contribution is -2.37. The van der Waals surface area contributed by atoms with E-state index in [1.54, 1.807) is 23.4 Å². The molecule has 1 aromatic heterocycles. The number of benzene rings is 1. The highest BCUT2D eigenvalue weighted by Gasteiger charge is 2.36. The molecule has 1 aliphatic heterocycles. The topological polar surface area (TPSA) is 53.5 Å². The summed E-state index contributed by atoms with van der Waals surface area (Å²) >= 11 is 0. The second kappa shape index (κ2) is 7.25. The van der Waals surface area contributed by atoms with E-state index in [9.17, 15) is 9.59 Å². The molecule has 1 fully saturated rings. The van der Waals surface area contributed by atoms with Crippen LogP contribution in [0.1, 0.15) is 18.9 Å². The maximum atomic E-state index is 12.8. The normalized spacial score (nSPS) is 17.1. The Balaban J connectivity index is 1.69. The number of nitrogens with zero attached hydrogens (tertiary/aromatic N) is 3. The second-order valence-electron chi connectivity index (χ2n) is 5.95. The Labute approximate surface area is 141 Å². The van der Waals surface area contributed by atoms with Gasteiger partial charge in [-0.1, -0.05) is 30.3 Å². The van der Waals surface area contributed by atoms with Gasteiger partial charge in [-0.05, 0) is 24.6 Å². The molecule has 2 amide bonds. The number of hydrogen-bond donors (Lipinski definition) is 0. The maximum Gasteiger partial charge on any atom is 0.228 e. The molecule has 5 nitrogen and oxygen atoms in total. The van der Waals surface area contributed by atoms with Crippen LogP contribution >= 0.6 is 0 Å². The summed E-state index contributed by atoms with van der Waals surface area (Å²) in [6.45, 7) is 3.60. The zero-order chi connectivity index (χ0) is 16.9. The van der Waals surface area contributed by atoms with Crippen LogP contribution in [-0.2, 0) is 16.1 Å². The number of amides is 2. The molecule has 124 valence electrons. The molecule has 0 aliphatic carbocycles. The third-order valence-electron chi connectivity index (χ3n) is 4.34. The molecule has 1 saturated heterocycles. The zero-order valence-corrected chi connectivity index (χ0v) is 13.8. The summed E-state index contributed by atoms with van der Waals surface area (Å²) in [6, 6.07) is 13.6. The Kier molecular flexibility index (Phi) is 4.89. The van der Waals surface area contributed by atoms with Crippen LogP contribution in [0.25, 0.3) is 0 Å². The molecule has 0 spiro atoms. The van der Waals surface area contributed by atoms with E-state index in [1.807, 2.05) is 48.2 Å². The summed E-state index contributed by atoms with van der Waals surface area (Å²) in [4.78, 5) is 32.7. The number of anilines is 1. The van der Waals surface area contributed by atoms with Gasteiger partial charge >= 0.3 is 0 Å². The van der Waals surface area contributed by atoms with Gasteiger partial charge in [-0.25, -0.2) is 0 Å². The predicted octanol–water partition coefficient (Wildman–Crippen LogP) is 2.48. The van der Waals surface area contributed by atoms with E-state index < -0.39 is 0 Å². The molecule has 2 heterocycles. The molecule has 1 aliphatic rings. The lowest BCUT2D eigenvalue weighted by atomic mass is 10.1. The van der Waals surface area contributed by atoms with E-state index in [2.05, 4.69) is 4.98 Å². The van der Waals surface area contributed by atoms with Crippen molar-refractivity contribution in [2.24, 2.45) is 5.92 Å². The van der Waals surface area contributed by atoms with E-state index in [4.69, 9.17) is 0 Å². The van der Waals surface area contributed by atoms with E-state index in [-0.39, 0.29) is 24.2 Å². The van der Waals surface area contributed by atoms with Crippen molar-refractivity contribution >= 4 is 17.5 Å². The fourth-order valence-electron chi connectivity index (χ4n) is 3.04. The lowest BCUT2D eigenvalue weighted by molar-refractivity contribution is -0.136. The summed E-state index contributed by atoms with van der Waals surface area (Å²) in [5, 5.41) is 0. The monoisotopic (exact) mass is 323 g/mol. The minimum Gasteiger partial charge on any atom is -0.338 e. The van der Waals surface area contributed by atoms with Crippen LogP contribution in [-0.4, -0.2) is 34.8 Å². The van der Waals surface area contributed by atoms with Crippen molar-refractivity contribution in [1.82, 2.24) is 9.88 Å². The molecule has 5 heteroatoms. The first-order valence-electron chi connectivity index (χ1n) is 8.22. The van der Waals surface area contributed by atoms with Crippen LogP contribution in [0.4, 0.5) is 5.69 Å². The van der Waals surface area contributed by atoms with Crippen LogP contribution in [0.5, 0.6) is 0 Å². The predicted molar refractivity (Wildman–Crippen MR) is 92.2 cm³/mol. The van der Waals surface area contributed by atoms with Gasteiger partial charge < -0.3 is 9.80 Å². The van der Waals surface area contributed by atoms with Gasteiger partial charge in [0.1, 0.15) is 0 Å². The number of carbonyl (C=O) groups excluding carboxylic acids is 2. The molecule has 2 aromatic rings. The Morgan fingerprint density at radius 3 is 2.71 bits per heavy atom. The van der Waals surface area contributed by atoms with Crippen molar-refractivity contribution in [2.45, 2.75) is 19.9 Å². The summed E-state index contributed by atoms with van der Waals surface area (Å²) < 4.78 is 0. The highest BCUT2D eigenvalue weighted by atomic mass is 16.2. The highest BCUT2D eigenvalue weighted by Crippen LogP contribution is 2.26. The standard InChI is InChI=1S/C19H21N3O2/c1-2-21(13-15-7-4-3-5-8-15)19(24)16-11-18(23)22(14-16)17-9-6-10-20-12-17/h3-10,12,16H,2,11,13-14H2,1H3. The third kappa shape index (κ3) is 3.45. The minimum absolute atomic E-state index is 0.0166. The second-order valence-corrected chi connectivity index (χ2v) is 5.95. The molecule has 0 radical (unpaired) electrons. The molecule has 1 aromatic carbocycles. The van der Waals surface area contributed by atoms with Crippen molar-refractivity contribution < 1.29 is 9.59 Å². The molecular formula is C19H21N3O2. The molecule has 24 heavy (non-hydrogen) atoms. The van der Waals surface area contributed by atoms with Gasteiger partial charge in [0.15, 0.2) is 0 Å². The van der Waals surface area contributed by atoms with Gasteiger partial charge in [0.25, 0.3) is 0 Å². The maximum absolute atomic E-state index is 12.8. The van der Waals surface area contributed by atoms with Crippen LogP contribution in [0.15, 0.2) is 54.9 Å². The summed E-state index contributed by atoms with van der Waals surface area (Å²) in [6.07, 6.45) is 3.59. The van der Waals surface area contributed by atoms with Crippen LogP contribution in [0.2, 0.25) is 0 Å². The van der Waals surface area contributed by atoms with Crippen molar-refractivity contribution in [3.8, 4) is 0 Å².